The van der Waals surface area contributed by atoms with Gasteiger partial charge in [0, 0.05) is 21.6 Å². The van der Waals surface area contributed by atoms with Crippen molar-refractivity contribution in [1.29, 1.82) is 0 Å². The quantitative estimate of drug-likeness (QED) is 0.291. The normalized spacial score (nSPS) is 14.1. The van der Waals surface area contributed by atoms with E-state index in [2.05, 4.69) is 0 Å². The number of rotatable bonds is 5. The van der Waals surface area contributed by atoms with Crippen LogP contribution in [0.2, 0.25) is 0 Å². The molecule has 1 aliphatic heterocycles. The first-order chi connectivity index (χ1) is 16.6. The molecule has 3 aromatic rings. The smallest absolute Gasteiger partial charge is 0.446 e. The monoisotopic (exact) mass is 562 g/mol. The molecule has 0 radical (unpaired) electrons. The summed E-state index contributed by atoms with van der Waals surface area (Å²) in [7, 11) is 3.03. The van der Waals surface area contributed by atoms with E-state index in [1.807, 2.05) is 0 Å². The van der Waals surface area contributed by atoms with Crippen LogP contribution in [0.4, 0.5) is 13.2 Å². The third kappa shape index (κ3) is 6.53. The third-order valence-electron chi connectivity index (χ3n) is 5.00. The molecule has 0 amide bonds. The average molecular weight is 564 g/mol. The number of benzene rings is 3. The predicted octanol–water partition coefficient (Wildman–Crippen LogP) is 8.62. The van der Waals surface area contributed by atoms with Gasteiger partial charge in [-0.3, -0.25) is 0 Å². The van der Waals surface area contributed by atoms with Crippen LogP contribution in [0, 0.1) is 0 Å². The Hall–Kier alpha value is -2.19. The number of thioether (sulfide) groups is 1. The fraction of sp³-hybridized carbons (Fsp3) is 0.200. The van der Waals surface area contributed by atoms with Crippen molar-refractivity contribution in [3.05, 3.63) is 95.6 Å². The molecule has 10 heteroatoms. The first-order valence-corrected chi connectivity index (χ1v) is 12.2. The Morgan fingerprint density at radius 3 is 1.74 bits per heavy atom. The zero-order chi connectivity index (χ0) is 25.6. The lowest BCUT2D eigenvalue weighted by Crippen LogP contribution is -2.36. The molecule has 1 heterocycles. The summed E-state index contributed by atoms with van der Waals surface area (Å²) < 4.78 is 57.4. The van der Waals surface area contributed by atoms with Crippen LogP contribution in [-0.2, 0) is 5.60 Å². The van der Waals surface area contributed by atoms with Crippen molar-refractivity contribution < 1.29 is 27.4 Å². The van der Waals surface area contributed by atoms with Gasteiger partial charge in [-0.2, -0.15) is 13.2 Å². The topological polar surface area (TPSA) is 27.7 Å². The van der Waals surface area contributed by atoms with Gasteiger partial charge in [0.05, 0.1) is 14.2 Å². The standard InChI is InChI=1S/C24H19F3O3S.CHCl3/c1-28-20-13-7-4-10-17(20)23(18-11-5-8-14-21(18)29-2)15-22(31-24(25,26)27)16-9-3-6-12-19(16)30-23;2-1(3)4/h3-15H,1-2H3;1H. The summed E-state index contributed by atoms with van der Waals surface area (Å²) in [4.78, 5) is 0.0474. The number of hydrogen-bond acceptors (Lipinski definition) is 4. The Morgan fingerprint density at radius 1 is 0.800 bits per heavy atom. The number of fused-ring (bicyclic) bond motifs is 1. The van der Waals surface area contributed by atoms with Crippen LogP contribution >= 0.6 is 46.6 Å². The molecule has 0 unspecified atom stereocenters. The van der Waals surface area contributed by atoms with Crippen molar-refractivity contribution >= 4 is 51.5 Å². The molecule has 4 rings (SSSR count). The second-order valence-corrected chi connectivity index (χ2v) is 10.1. The maximum absolute atomic E-state index is 13.5. The molecule has 1 aliphatic rings. The number of methoxy groups -OCH3 is 2. The summed E-state index contributed by atoms with van der Waals surface area (Å²) in [6.45, 7) is 0. The van der Waals surface area contributed by atoms with Crippen LogP contribution in [0.15, 0.2) is 78.9 Å². The Bertz CT molecular complexity index is 1140. The van der Waals surface area contributed by atoms with E-state index in [0.29, 0.717) is 33.9 Å². The highest BCUT2D eigenvalue weighted by Gasteiger charge is 2.45. The average Bonchev–Trinajstić information content (AvgIpc) is 2.82. The van der Waals surface area contributed by atoms with Gasteiger partial charge in [-0.15, -0.1) is 0 Å². The molecule has 0 atom stereocenters. The first-order valence-electron chi connectivity index (χ1n) is 10.1. The zero-order valence-corrected chi connectivity index (χ0v) is 21.6. The maximum Gasteiger partial charge on any atom is 0.446 e. The summed E-state index contributed by atoms with van der Waals surface area (Å²) in [6.07, 6.45) is 1.50. The third-order valence-corrected chi connectivity index (χ3v) is 5.79. The molecule has 0 fully saturated rings. The molecule has 0 saturated heterocycles. The van der Waals surface area contributed by atoms with Gasteiger partial charge in [-0.1, -0.05) is 89.4 Å². The summed E-state index contributed by atoms with van der Waals surface area (Å²) in [5.41, 5.74) is -4.36. The van der Waals surface area contributed by atoms with E-state index in [4.69, 9.17) is 49.0 Å². The molecule has 3 aromatic carbocycles. The van der Waals surface area contributed by atoms with Crippen molar-refractivity contribution in [3.8, 4) is 17.2 Å². The number of ether oxygens (including phenoxy) is 3. The maximum atomic E-state index is 13.5. The molecular formula is C25H20Cl3F3O3S. The van der Waals surface area contributed by atoms with E-state index in [1.54, 1.807) is 72.8 Å². The fourth-order valence-electron chi connectivity index (χ4n) is 3.75. The molecule has 0 spiro atoms. The van der Waals surface area contributed by atoms with Crippen molar-refractivity contribution in [3.63, 3.8) is 0 Å². The van der Waals surface area contributed by atoms with E-state index in [1.165, 1.54) is 20.3 Å². The molecular weight excluding hydrogens is 544 g/mol. The van der Waals surface area contributed by atoms with Gasteiger partial charge in [-0.05, 0) is 36.0 Å². The SMILES string of the molecule is COc1ccccc1C1(c2ccccc2OC)C=C(SC(F)(F)F)c2ccccc2O1.ClC(Cl)Cl. The van der Waals surface area contributed by atoms with E-state index in [0.717, 1.165) is 0 Å². The lowest BCUT2D eigenvalue weighted by Gasteiger charge is -2.39. The van der Waals surface area contributed by atoms with Gasteiger partial charge in [0.2, 0.25) is 0 Å². The number of alkyl halides is 6. The van der Waals surface area contributed by atoms with Crippen molar-refractivity contribution in [2.24, 2.45) is 0 Å². The van der Waals surface area contributed by atoms with E-state index in [9.17, 15) is 13.2 Å². The van der Waals surface area contributed by atoms with Gasteiger partial charge < -0.3 is 14.2 Å². The first kappa shape index (κ1) is 27.4. The molecule has 0 N–H and O–H groups in total. The van der Waals surface area contributed by atoms with Crippen molar-refractivity contribution in [2.75, 3.05) is 14.2 Å². The van der Waals surface area contributed by atoms with E-state index < -0.39 is 15.4 Å². The van der Waals surface area contributed by atoms with E-state index in [-0.39, 0.29) is 16.7 Å². The van der Waals surface area contributed by atoms with Gasteiger partial charge in [0.25, 0.3) is 0 Å². The Balaban J connectivity index is 0.000000795. The van der Waals surface area contributed by atoms with Crippen LogP contribution < -0.4 is 14.2 Å². The van der Waals surface area contributed by atoms with Crippen LogP contribution in [0.3, 0.4) is 0 Å². The lowest BCUT2D eigenvalue weighted by atomic mass is 9.82. The molecule has 0 aromatic heterocycles. The molecule has 35 heavy (non-hydrogen) atoms. The molecule has 0 bridgehead atoms. The second kappa shape index (κ2) is 11.7. The fourth-order valence-corrected chi connectivity index (χ4v) is 4.50. The van der Waals surface area contributed by atoms with Gasteiger partial charge >= 0.3 is 5.51 Å². The highest BCUT2D eigenvalue weighted by molar-refractivity contribution is 8.09. The summed E-state index contributed by atoms with van der Waals surface area (Å²) in [5, 5.41) is 0. The highest BCUT2D eigenvalue weighted by Crippen LogP contribution is 2.54. The predicted molar refractivity (Wildman–Crippen MR) is 137 cm³/mol. The largest absolute Gasteiger partial charge is 0.496 e. The Kier molecular flexibility index (Phi) is 9.16. The second-order valence-electron chi connectivity index (χ2n) is 7.04. The minimum Gasteiger partial charge on any atom is -0.496 e. The van der Waals surface area contributed by atoms with Gasteiger partial charge in [0.1, 0.15) is 17.2 Å². The van der Waals surface area contributed by atoms with Crippen LogP contribution in [-0.4, -0.2) is 24.0 Å². The van der Waals surface area contributed by atoms with Crippen LogP contribution in [0.1, 0.15) is 16.7 Å². The Morgan fingerprint density at radius 2 is 1.26 bits per heavy atom. The minimum absolute atomic E-state index is 0.0474. The number of halogens is 6. The molecule has 186 valence electrons. The number of para-hydroxylation sites is 3. The van der Waals surface area contributed by atoms with Gasteiger partial charge in [0.15, 0.2) is 9.90 Å². The summed E-state index contributed by atoms with van der Waals surface area (Å²) in [6, 6.07) is 21.0. The minimum atomic E-state index is -4.47. The highest BCUT2D eigenvalue weighted by atomic mass is 35.6. The van der Waals surface area contributed by atoms with Crippen LogP contribution in [0.5, 0.6) is 17.2 Å². The van der Waals surface area contributed by atoms with Crippen molar-refractivity contribution in [2.45, 2.75) is 15.4 Å². The number of hydrogen-bond donors (Lipinski definition) is 0. The summed E-state index contributed by atoms with van der Waals surface area (Å²) >= 11 is 14.3. The molecule has 3 nitrogen and oxygen atoms in total. The van der Waals surface area contributed by atoms with Crippen LogP contribution in [0.25, 0.3) is 4.91 Å². The van der Waals surface area contributed by atoms with E-state index >= 15 is 0 Å². The molecule has 0 saturated carbocycles. The van der Waals surface area contributed by atoms with Crippen molar-refractivity contribution in [1.82, 2.24) is 0 Å². The zero-order valence-electron chi connectivity index (χ0n) is 18.5. The van der Waals surface area contributed by atoms with Gasteiger partial charge in [-0.25, -0.2) is 0 Å². The lowest BCUT2D eigenvalue weighted by molar-refractivity contribution is -0.0318. The molecule has 0 aliphatic carbocycles. The summed E-state index contributed by atoms with van der Waals surface area (Å²) in [5.74, 6) is 1.31. The Labute approximate surface area is 220 Å².